The van der Waals surface area contributed by atoms with Crippen LogP contribution in [0.1, 0.15) is 163 Å². The molecule has 0 amide bonds. The Morgan fingerprint density at radius 3 is 1.09 bits per heavy atom. The van der Waals surface area contributed by atoms with Crippen molar-refractivity contribution in [1.29, 1.82) is 0 Å². The summed E-state index contributed by atoms with van der Waals surface area (Å²) in [5.41, 5.74) is 0.625. The molecule has 3 heterocycles. The molecule has 0 aromatic heterocycles. The Morgan fingerprint density at radius 2 is 0.747 bits per heavy atom. The number of Topliss-reactive ketones (excluding diaryl/α,β-unsaturated/α-hetero) is 1. The Hall–Kier alpha value is -0.930. The second-order valence-electron chi connectivity index (χ2n) is 27.6. The van der Waals surface area contributed by atoms with Crippen molar-refractivity contribution in [3.8, 4) is 0 Å². The van der Waals surface area contributed by atoms with Crippen molar-refractivity contribution in [2.24, 2.45) is 87.3 Å². The third-order valence-corrected chi connectivity index (χ3v) is 22.0. The first-order valence-corrected chi connectivity index (χ1v) is 29.7. The van der Waals surface area contributed by atoms with E-state index in [1.807, 2.05) is 0 Å². The van der Waals surface area contributed by atoms with E-state index >= 15 is 0 Å². The van der Waals surface area contributed by atoms with Gasteiger partial charge >= 0.3 is 0 Å². The highest BCUT2D eigenvalue weighted by Crippen LogP contribution is 2.63. The number of aliphatic hydroxyl groups excluding tert-OH is 9. The largest absolute Gasteiger partial charge is 0.394 e. The van der Waals surface area contributed by atoms with Crippen molar-refractivity contribution in [3.05, 3.63) is 0 Å². The fourth-order valence-corrected chi connectivity index (χ4v) is 19.1. The van der Waals surface area contributed by atoms with E-state index in [4.69, 9.17) is 28.4 Å². The van der Waals surface area contributed by atoms with E-state index in [9.17, 15) is 50.8 Å². The molecule has 16 nitrogen and oxygen atoms in total. The van der Waals surface area contributed by atoms with Crippen LogP contribution in [-0.4, -0.2) is 165 Å². The number of hydrogen-bond acceptors (Lipinski definition) is 16. The standard InChI is InChI=1S/C21H34O6.C19H32O5.C18H30O5.CH4/c1-12-16(11-22)27-20(19(25)18(12)24)26-4-2-3-17(23)21-8-13-5-14(9-21)7-15(6-13)10-21;1-11-15(10-20)24-18(17(22)16(11)21)23-3-2-19-7-12-4-13(8-19)6-14(5-12)9-19;1-10-14(8-19)23-17(16(21)15(10)20)22-9-18-5-11-2-12(6-18)4-13(3-11)7-18;/h12-16,18-20,22,24-25H,2-11H2,1H3;11-18,20-22H,2-10H2,1H3;10-17,19-21H,2-9H2,1H3;1H4/t12-,13?,14?,15?,16?,18?,19+,20-,21?;11-,12?,13?,14?,15?,16?,17+,18-,19?;10-,11?,12?,13?,14?,15?,16+,17-,18?;/m000./s1. The van der Waals surface area contributed by atoms with Gasteiger partial charge in [0.05, 0.1) is 76.3 Å². The third kappa shape index (κ3) is 12.5. The zero-order valence-electron chi connectivity index (χ0n) is 44.8. The van der Waals surface area contributed by atoms with Crippen molar-refractivity contribution in [2.75, 3.05) is 39.6 Å². The fraction of sp³-hybridized carbons (Fsp3) is 0.983. The van der Waals surface area contributed by atoms with Crippen LogP contribution in [0.2, 0.25) is 0 Å². The minimum absolute atomic E-state index is 0. The smallest absolute Gasteiger partial charge is 0.186 e. The molecule has 12 aliphatic carbocycles. The summed E-state index contributed by atoms with van der Waals surface area (Å²) in [6.07, 6.45) is 15.5. The van der Waals surface area contributed by atoms with Crippen LogP contribution in [0.5, 0.6) is 0 Å². The lowest BCUT2D eigenvalue weighted by Crippen LogP contribution is -2.56. The Balaban J connectivity index is 0.000000137. The van der Waals surface area contributed by atoms with Gasteiger partial charge in [-0.3, -0.25) is 4.79 Å². The van der Waals surface area contributed by atoms with Gasteiger partial charge in [-0.1, -0.05) is 28.2 Å². The molecule has 3 aliphatic heterocycles. The molecule has 15 rings (SSSR count). The van der Waals surface area contributed by atoms with Crippen LogP contribution in [0.4, 0.5) is 0 Å². The van der Waals surface area contributed by atoms with Crippen molar-refractivity contribution in [3.63, 3.8) is 0 Å². The first-order chi connectivity index (χ1) is 35.4. The first kappa shape index (κ1) is 58.7. The normalized spacial score (nSPS) is 51.6. The SMILES string of the molecule is C.C[C@H]1C(CO)O[C@H](OCC23CC4CC(CC(C4)C2)C3)[C@H](O)C1O.C[C@H]1C(CO)O[C@H](OCCC23CC4CC(CC(C4)C2)C3)[C@H](O)C1O.C[C@H]1C(CO)O[C@H](OCCCC(=O)C23CC4CC(CC(C4)C2)C3)[C@H](O)C1O. The highest BCUT2D eigenvalue weighted by Gasteiger charge is 2.56. The van der Waals surface area contributed by atoms with Crippen LogP contribution in [0, 0.1) is 87.3 Å². The quantitative estimate of drug-likeness (QED) is 0.0894. The average Bonchev–Trinajstić information content (AvgIpc) is 3.36. The fourth-order valence-electron chi connectivity index (χ4n) is 19.1. The molecular weight excluding hydrogens is 965 g/mol. The van der Waals surface area contributed by atoms with Crippen LogP contribution in [0.3, 0.4) is 0 Å². The van der Waals surface area contributed by atoms with Gasteiger partial charge in [0.2, 0.25) is 0 Å². The predicted octanol–water partition coefficient (Wildman–Crippen LogP) is 5.26. The van der Waals surface area contributed by atoms with E-state index in [1.165, 1.54) is 96.3 Å². The molecule has 15 atom stereocenters. The Kier molecular flexibility index (Phi) is 19.0. The summed E-state index contributed by atoms with van der Waals surface area (Å²) in [6.45, 7) is 6.21. The summed E-state index contributed by atoms with van der Waals surface area (Å²) in [4.78, 5) is 13.0. The Bertz CT molecular complexity index is 1740. The third-order valence-electron chi connectivity index (χ3n) is 22.0. The molecule has 15 fully saturated rings. The van der Waals surface area contributed by atoms with Gasteiger partial charge in [0.1, 0.15) is 24.1 Å². The molecule has 0 aromatic carbocycles. The number of carbonyl (C=O) groups excluding carboxylic acids is 1. The molecule has 15 aliphatic rings. The Morgan fingerprint density at radius 1 is 0.440 bits per heavy atom. The summed E-state index contributed by atoms with van der Waals surface area (Å²) in [7, 11) is 0. The number of hydrogen-bond donors (Lipinski definition) is 9. The van der Waals surface area contributed by atoms with Crippen molar-refractivity contribution < 1.29 is 79.2 Å². The number of carbonyl (C=O) groups is 1. The summed E-state index contributed by atoms with van der Waals surface area (Å²) >= 11 is 0. The van der Waals surface area contributed by atoms with Gasteiger partial charge in [-0.2, -0.15) is 0 Å². The van der Waals surface area contributed by atoms with Gasteiger partial charge in [-0.15, -0.1) is 0 Å². The van der Waals surface area contributed by atoms with Gasteiger partial charge in [0.15, 0.2) is 18.9 Å². The lowest BCUT2D eigenvalue weighted by Gasteiger charge is -2.57. The molecule has 0 spiro atoms. The van der Waals surface area contributed by atoms with Gasteiger partial charge in [-0.25, -0.2) is 0 Å². The lowest BCUT2D eigenvalue weighted by molar-refractivity contribution is -0.298. The average molecular weight is 1070 g/mol. The van der Waals surface area contributed by atoms with Crippen molar-refractivity contribution in [2.45, 2.75) is 237 Å². The Labute approximate surface area is 447 Å². The van der Waals surface area contributed by atoms with Gasteiger partial charge in [0.25, 0.3) is 0 Å². The molecule has 0 aromatic rings. The number of rotatable bonds is 16. The summed E-state index contributed by atoms with van der Waals surface area (Å²) in [6, 6.07) is 0. The molecule has 432 valence electrons. The van der Waals surface area contributed by atoms with Gasteiger partial charge < -0.3 is 74.4 Å². The highest BCUT2D eigenvalue weighted by atomic mass is 16.7. The predicted molar refractivity (Wildman–Crippen MR) is 276 cm³/mol. The molecule has 12 bridgehead atoms. The molecule has 6 unspecified atom stereocenters. The van der Waals surface area contributed by atoms with E-state index < -0.39 is 73.8 Å². The molecule has 9 N–H and O–H groups in total. The number of aliphatic hydroxyl groups is 9. The molecule has 12 saturated carbocycles. The monoisotopic (exact) mass is 1060 g/mol. The minimum Gasteiger partial charge on any atom is -0.394 e. The highest BCUT2D eigenvalue weighted by molar-refractivity contribution is 5.85. The topological polar surface area (TPSA) is 255 Å². The van der Waals surface area contributed by atoms with E-state index in [0.29, 0.717) is 43.9 Å². The molecular formula is C59H100O16. The van der Waals surface area contributed by atoms with Crippen LogP contribution in [-0.2, 0) is 33.2 Å². The second-order valence-corrected chi connectivity index (χ2v) is 27.6. The minimum atomic E-state index is -1.14. The molecule has 3 saturated heterocycles. The van der Waals surface area contributed by atoms with E-state index in [-0.39, 0.29) is 55.8 Å². The maximum absolute atomic E-state index is 13.0. The molecule has 0 radical (unpaired) electrons. The maximum Gasteiger partial charge on any atom is 0.186 e. The lowest BCUT2D eigenvalue weighted by atomic mass is 9.48. The van der Waals surface area contributed by atoms with Crippen molar-refractivity contribution >= 4 is 5.78 Å². The zero-order chi connectivity index (χ0) is 52.3. The van der Waals surface area contributed by atoms with E-state index in [1.54, 1.807) is 20.8 Å². The molecule has 16 heteroatoms. The van der Waals surface area contributed by atoms with Crippen LogP contribution >= 0.6 is 0 Å². The number of ether oxygens (including phenoxy) is 6. The summed E-state index contributed by atoms with van der Waals surface area (Å²) < 4.78 is 34.4. The summed E-state index contributed by atoms with van der Waals surface area (Å²) in [5, 5.41) is 89.1. The van der Waals surface area contributed by atoms with Crippen LogP contribution in [0.15, 0.2) is 0 Å². The zero-order valence-corrected chi connectivity index (χ0v) is 44.8. The van der Waals surface area contributed by atoms with Gasteiger partial charge in [-0.05, 0) is 193 Å². The first-order valence-electron chi connectivity index (χ1n) is 29.7. The van der Waals surface area contributed by atoms with Crippen LogP contribution in [0.25, 0.3) is 0 Å². The summed E-state index contributed by atoms with van der Waals surface area (Å²) in [5.74, 6) is 7.09. The van der Waals surface area contributed by atoms with E-state index in [0.717, 1.165) is 78.9 Å². The number of ketones is 1. The second kappa shape index (κ2) is 24.3. The van der Waals surface area contributed by atoms with Gasteiger partial charge in [0, 0.05) is 29.6 Å². The maximum atomic E-state index is 13.0. The molecule has 75 heavy (non-hydrogen) atoms. The van der Waals surface area contributed by atoms with Crippen LogP contribution < -0.4 is 0 Å². The van der Waals surface area contributed by atoms with Crippen molar-refractivity contribution in [1.82, 2.24) is 0 Å². The van der Waals surface area contributed by atoms with E-state index in [2.05, 4.69) is 0 Å².